The predicted molar refractivity (Wildman–Crippen MR) is 114 cm³/mol. The molecule has 0 bridgehead atoms. The second kappa shape index (κ2) is 9.18. The van der Waals surface area contributed by atoms with Gasteiger partial charge in [-0.15, -0.1) is 0 Å². The molecule has 3 rings (SSSR count). The van der Waals surface area contributed by atoms with Gasteiger partial charge < -0.3 is 10.6 Å². The Morgan fingerprint density at radius 2 is 1.89 bits per heavy atom. The van der Waals surface area contributed by atoms with E-state index in [1.165, 1.54) is 43.1 Å². The molecule has 1 fully saturated rings. The van der Waals surface area contributed by atoms with Crippen LogP contribution in [0.3, 0.4) is 0 Å². The first-order chi connectivity index (χ1) is 13.1. The Morgan fingerprint density at radius 3 is 2.67 bits per heavy atom. The average Bonchev–Trinajstić information content (AvgIpc) is 2.71. The van der Waals surface area contributed by atoms with Crippen molar-refractivity contribution in [3.8, 4) is 0 Å². The maximum absolute atomic E-state index is 4.80. The van der Waals surface area contributed by atoms with E-state index in [1.807, 2.05) is 12.3 Å². The molecule has 0 amide bonds. The molecule has 146 valence electrons. The molecule has 0 aliphatic carbocycles. The lowest BCUT2D eigenvalue weighted by molar-refractivity contribution is 0.0982. The molecule has 5 heteroatoms. The number of benzene rings is 1. The van der Waals surface area contributed by atoms with Gasteiger partial charge in [0, 0.05) is 30.2 Å². The van der Waals surface area contributed by atoms with Crippen LogP contribution in [0.15, 0.2) is 41.5 Å². The Hall–Kier alpha value is -2.14. The minimum absolute atomic E-state index is 0.119. The standard InChI is InChI=1S/C22H33N5/c1-4-23-21(26-17-22(2,3)27-14-8-5-9-15-27)25-16-20-19-11-7-6-10-18(19)12-13-24-20/h6-7,10-13H,4-5,8-9,14-17H2,1-3H3,(H2,23,25,26). The molecular formula is C22H33N5. The SMILES string of the molecule is CCNC(=NCc1nccc2ccccc12)NCC(C)(C)N1CCCCC1. The summed E-state index contributed by atoms with van der Waals surface area (Å²) in [4.78, 5) is 11.9. The maximum atomic E-state index is 4.80. The van der Waals surface area contributed by atoms with Gasteiger partial charge in [0.25, 0.3) is 0 Å². The van der Waals surface area contributed by atoms with Crippen LogP contribution in [0.1, 0.15) is 45.7 Å². The Bertz CT molecular complexity index is 757. The van der Waals surface area contributed by atoms with Crippen molar-refractivity contribution in [3.63, 3.8) is 0 Å². The van der Waals surface area contributed by atoms with Crippen molar-refractivity contribution < 1.29 is 0 Å². The average molecular weight is 368 g/mol. The number of nitrogens with zero attached hydrogens (tertiary/aromatic N) is 3. The van der Waals surface area contributed by atoms with Gasteiger partial charge in [-0.05, 0) is 58.2 Å². The van der Waals surface area contributed by atoms with E-state index in [4.69, 9.17) is 4.99 Å². The van der Waals surface area contributed by atoms with Crippen LogP contribution in [0.4, 0.5) is 0 Å². The first-order valence-corrected chi connectivity index (χ1v) is 10.2. The van der Waals surface area contributed by atoms with Crippen molar-refractivity contribution >= 4 is 16.7 Å². The van der Waals surface area contributed by atoms with E-state index >= 15 is 0 Å². The van der Waals surface area contributed by atoms with E-state index < -0.39 is 0 Å². The van der Waals surface area contributed by atoms with Crippen LogP contribution in [0, 0.1) is 0 Å². The number of fused-ring (bicyclic) bond motifs is 1. The summed E-state index contributed by atoms with van der Waals surface area (Å²) in [7, 11) is 0. The summed E-state index contributed by atoms with van der Waals surface area (Å²) in [6.45, 7) is 11.4. The Balaban J connectivity index is 1.67. The predicted octanol–water partition coefficient (Wildman–Crippen LogP) is 3.55. The molecule has 5 nitrogen and oxygen atoms in total. The third-order valence-electron chi connectivity index (χ3n) is 5.39. The van der Waals surface area contributed by atoms with Crippen LogP contribution in [0.2, 0.25) is 0 Å². The molecule has 27 heavy (non-hydrogen) atoms. The van der Waals surface area contributed by atoms with Gasteiger partial charge in [-0.1, -0.05) is 30.7 Å². The number of hydrogen-bond acceptors (Lipinski definition) is 3. The Labute approximate surface area is 163 Å². The summed E-state index contributed by atoms with van der Waals surface area (Å²) in [5.41, 5.74) is 1.13. The second-order valence-corrected chi connectivity index (χ2v) is 7.89. The minimum atomic E-state index is 0.119. The van der Waals surface area contributed by atoms with Crippen molar-refractivity contribution in [2.24, 2.45) is 4.99 Å². The number of guanidine groups is 1. The molecule has 2 aromatic rings. The third-order valence-corrected chi connectivity index (χ3v) is 5.39. The zero-order valence-corrected chi connectivity index (χ0v) is 17.0. The maximum Gasteiger partial charge on any atom is 0.191 e. The summed E-state index contributed by atoms with van der Waals surface area (Å²) in [5.74, 6) is 0.859. The molecule has 1 aliphatic heterocycles. The van der Waals surface area contributed by atoms with Gasteiger partial charge in [-0.3, -0.25) is 9.88 Å². The van der Waals surface area contributed by atoms with Gasteiger partial charge in [0.2, 0.25) is 0 Å². The number of rotatable bonds is 6. The molecule has 1 aromatic heterocycles. The molecule has 0 radical (unpaired) electrons. The van der Waals surface area contributed by atoms with Crippen molar-refractivity contribution in [3.05, 3.63) is 42.2 Å². The van der Waals surface area contributed by atoms with Crippen LogP contribution in [-0.4, -0.2) is 47.6 Å². The second-order valence-electron chi connectivity index (χ2n) is 7.89. The van der Waals surface area contributed by atoms with Gasteiger partial charge in [0.15, 0.2) is 5.96 Å². The number of aromatic nitrogens is 1. The number of hydrogen-bond donors (Lipinski definition) is 2. The van der Waals surface area contributed by atoms with E-state index in [0.29, 0.717) is 6.54 Å². The number of pyridine rings is 1. The van der Waals surface area contributed by atoms with Crippen molar-refractivity contribution in [1.82, 2.24) is 20.5 Å². The highest BCUT2D eigenvalue weighted by Crippen LogP contribution is 2.20. The molecule has 0 unspecified atom stereocenters. The minimum Gasteiger partial charge on any atom is -0.357 e. The van der Waals surface area contributed by atoms with E-state index in [0.717, 1.165) is 24.7 Å². The van der Waals surface area contributed by atoms with E-state index in [-0.39, 0.29) is 5.54 Å². The van der Waals surface area contributed by atoms with E-state index in [2.05, 4.69) is 65.6 Å². The smallest absolute Gasteiger partial charge is 0.191 e. The van der Waals surface area contributed by atoms with Crippen molar-refractivity contribution in [2.75, 3.05) is 26.2 Å². The zero-order chi connectivity index (χ0) is 19.1. The van der Waals surface area contributed by atoms with Crippen LogP contribution < -0.4 is 10.6 Å². The third kappa shape index (κ3) is 5.19. The normalized spacial score (nSPS) is 16.5. The summed E-state index contributed by atoms with van der Waals surface area (Å²) >= 11 is 0. The zero-order valence-electron chi connectivity index (χ0n) is 17.0. The molecule has 1 saturated heterocycles. The van der Waals surface area contributed by atoms with E-state index in [1.54, 1.807) is 0 Å². The number of aliphatic imine (C=N–C) groups is 1. The first kappa shape index (κ1) is 19.6. The van der Waals surface area contributed by atoms with Gasteiger partial charge >= 0.3 is 0 Å². The van der Waals surface area contributed by atoms with Gasteiger partial charge in [0.05, 0.1) is 12.2 Å². The largest absolute Gasteiger partial charge is 0.357 e. The lowest BCUT2D eigenvalue weighted by atomic mass is 9.98. The van der Waals surface area contributed by atoms with Crippen LogP contribution in [0.5, 0.6) is 0 Å². The lowest BCUT2D eigenvalue weighted by Crippen LogP contribution is -2.54. The highest BCUT2D eigenvalue weighted by Gasteiger charge is 2.27. The highest BCUT2D eigenvalue weighted by molar-refractivity contribution is 5.85. The topological polar surface area (TPSA) is 52.6 Å². The molecular weight excluding hydrogens is 334 g/mol. The molecule has 1 aliphatic rings. The molecule has 0 spiro atoms. The number of nitrogens with one attached hydrogen (secondary N) is 2. The van der Waals surface area contributed by atoms with Crippen molar-refractivity contribution in [1.29, 1.82) is 0 Å². The summed E-state index contributed by atoms with van der Waals surface area (Å²) in [5, 5.41) is 9.30. The quantitative estimate of drug-likeness (QED) is 0.605. The molecule has 2 heterocycles. The molecule has 0 saturated carbocycles. The first-order valence-electron chi connectivity index (χ1n) is 10.2. The summed E-state index contributed by atoms with van der Waals surface area (Å²) < 4.78 is 0. The van der Waals surface area contributed by atoms with Gasteiger partial charge in [-0.2, -0.15) is 0 Å². The van der Waals surface area contributed by atoms with Crippen molar-refractivity contribution in [2.45, 2.75) is 52.1 Å². The Morgan fingerprint density at radius 1 is 1.11 bits per heavy atom. The van der Waals surface area contributed by atoms with Crippen LogP contribution in [-0.2, 0) is 6.54 Å². The monoisotopic (exact) mass is 367 g/mol. The highest BCUT2D eigenvalue weighted by atomic mass is 15.2. The summed E-state index contributed by atoms with van der Waals surface area (Å²) in [6, 6.07) is 10.4. The lowest BCUT2D eigenvalue weighted by Gasteiger charge is -2.41. The molecule has 2 N–H and O–H groups in total. The van der Waals surface area contributed by atoms with Gasteiger partial charge in [-0.25, -0.2) is 4.99 Å². The summed E-state index contributed by atoms with van der Waals surface area (Å²) in [6.07, 6.45) is 5.85. The van der Waals surface area contributed by atoms with Crippen LogP contribution in [0.25, 0.3) is 10.8 Å². The number of piperidine rings is 1. The van der Waals surface area contributed by atoms with E-state index in [9.17, 15) is 0 Å². The number of likely N-dealkylation sites (tertiary alicyclic amines) is 1. The fourth-order valence-corrected chi connectivity index (χ4v) is 3.71. The fourth-order valence-electron chi connectivity index (χ4n) is 3.71. The Kier molecular flexibility index (Phi) is 6.67. The fraction of sp³-hybridized carbons (Fsp3) is 0.545. The van der Waals surface area contributed by atoms with Gasteiger partial charge in [0.1, 0.15) is 0 Å². The molecule has 0 atom stereocenters. The molecule has 1 aromatic carbocycles. The van der Waals surface area contributed by atoms with Crippen LogP contribution >= 0.6 is 0 Å².